The van der Waals surface area contributed by atoms with Crippen molar-refractivity contribution in [3.63, 3.8) is 0 Å². The molecule has 94 valence electrons. The van der Waals surface area contributed by atoms with E-state index in [0.717, 1.165) is 16.0 Å². The molecule has 1 fully saturated rings. The first-order valence-electron chi connectivity index (χ1n) is 6.45. The lowest BCUT2D eigenvalue weighted by molar-refractivity contribution is 0.441. The maximum atomic E-state index is 5.28. The molecule has 1 N–H and O–H groups in total. The van der Waals surface area contributed by atoms with E-state index >= 15 is 0 Å². The smallest absolute Gasteiger partial charge is 0.144 e. The summed E-state index contributed by atoms with van der Waals surface area (Å²) in [6.45, 7) is 2.05. The molecular formula is C13H19BrN2S. The Bertz CT molecular complexity index is 434. The molecule has 0 spiro atoms. The third-order valence-electron chi connectivity index (χ3n) is 3.55. The van der Waals surface area contributed by atoms with Crippen LogP contribution in [0.1, 0.15) is 62.4 Å². The van der Waals surface area contributed by atoms with Gasteiger partial charge < -0.3 is 4.98 Å². The number of hydrogen-bond acceptors (Lipinski definition) is 2. The molecule has 0 aromatic carbocycles. The third-order valence-corrected chi connectivity index (χ3v) is 5.07. The normalized spacial score (nSPS) is 18.7. The number of aromatic nitrogens is 2. The van der Waals surface area contributed by atoms with Gasteiger partial charge in [-0.05, 0) is 35.7 Å². The highest BCUT2D eigenvalue weighted by atomic mass is 79.9. The van der Waals surface area contributed by atoms with E-state index in [4.69, 9.17) is 12.2 Å². The minimum absolute atomic E-state index is 0.573. The summed E-state index contributed by atoms with van der Waals surface area (Å²) < 4.78 is 1.63. The zero-order valence-corrected chi connectivity index (χ0v) is 12.7. The average Bonchev–Trinajstić information content (AvgIpc) is 2.25. The van der Waals surface area contributed by atoms with Gasteiger partial charge in [0.2, 0.25) is 0 Å². The molecule has 1 aromatic rings. The summed E-state index contributed by atoms with van der Waals surface area (Å²) in [6, 6.07) is 0. The van der Waals surface area contributed by atoms with Gasteiger partial charge in [-0.15, -0.1) is 0 Å². The number of hydrogen-bond donors (Lipinski definition) is 1. The minimum Gasteiger partial charge on any atom is -0.346 e. The van der Waals surface area contributed by atoms with Crippen molar-refractivity contribution in [2.24, 2.45) is 0 Å². The Kier molecular flexibility index (Phi) is 4.74. The molecule has 0 atom stereocenters. The van der Waals surface area contributed by atoms with E-state index in [9.17, 15) is 0 Å². The minimum atomic E-state index is 0.573. The van der Waals surface area contributed by atoms with Crippen LogP contribution in [-0.2, 0) is 0 Å². The Hall–Kier alpha value is -0.220. The van der Waals surface area contributed by atoms with Gasteiger partial charge in [0, 0.05) is 11.6 Å². The molecule has 1 heterocycles. The Labute approximate surface area is 116 Å². The zero-order chi connectivity index (χ0) is 12.3. The van der Waals surface area contributed by atoms with Gasteiger partial charge in [-0.1, -0.05) is 44.3 Å². The topological polar surface area (TPSA) is 28.7 Å². The SMILES string of the molecule is Cc1[nH]c(C2CCCCCCC2)nc(=S)c1Br. The molecule has 0 amide bonds. The molecule has 0 unspecified atom stereocenters. The molecule has 0 bridgehead atoms. The summed E-state index contributed by atoms with van der Waals surface area (Å²) in [6.07, 6.45) is 9.28. The van der Waals surface area contributed by atoms with Gasteiger partial charge in [0.15, 0.2) is 0 Å². The summed E-state index contributed by atoms with van der Waals surface area (Å²) >= 11 is 8.75. The Morgan fingerprint density at radius 3 is 2.35 bits per heavy atom. The zero-order valence-electron chi connectivity index (χ0n) is 10.3. The van der Waals surface area contributed by atoms with Crippen LogP contribution in [0.3, 0.4) is 0 Å². The van der Waals surface area contributed by atoms with Crippen LogP contribution in [0.2, 0.25) is 0 Å². The molecule has 2 nitrogen and oxygen atoms in total. The van der Waals surface area contributed by atoms with E-state index in [-0.39, 0.29) is 0 Å². The lowest BCUT2D eigenvalue weighted by Crippen LogP contribution is -2.08. The van der Waals surface area contributed by atoms with Crippen molar-refractivity contribution in [1.82, 2.24) is 9.97 Å². The van der Waals surface area contributed by atoms with E-state index in [0.29, 0.717) is 10.6 Å². The van der Waals surface area contributed by atoms with Crippen molar-refractivity contribution in [2.75, 3.05) is 0 Å². The number of aryl methyl sites for hydroxylation is 1. The number of rotatable bonds is 1. The fourth-order valence-corrected chi connectivity index (χ4v) is 2.96. The van der Waals surface area contributed by atoms with Gasteiger partial charge in [-0.25, -0.2) is 4.98 Å². The predicted octanol–water partition coefficient (Wildman–Crippen LogP) is 5.04. The quantitative estimate of drug-likeness (QED) is 0.736. The van der Waals surface area contributed by atoms with Crippen molar-refractivity contribution in [2.45, 2.75) is 57.8 Å². The largest absolute Gasteiger partial charge is 0.346 e. The second-order valence-corrected chi connectivity index (χ2v) is 6.09. The highest BCUT2D eigenvalue weighted by Gasteiger charge is 2.16. The molecule has 4 heteroatoms. The van der Waals surface area contributed by atoms with Gasteiger partial charge >= 0.3 is 0 Å². The number of aromatic amines is 1. The van der Waals surface area contributed by atoms with Gasteiger partial charge in [-0.3, -0.25) is 0 Å². The van der Waals surface area contributed by atoms with Crippen LogP contribution in [0.4, 0.5) is 0 Å². The monoisotopic (exact) mass is 314 g/mol. The molecule has 0 saturated heterocycles. The van der Waals surface area contributed by atoms with Crippen LogP contribution in [0.15, 0.2) is 4.47 Å². The van der Waals surface area contributed by atoms with Crippen LogP contribution in [0.5, 0.6) is 0 Å². The number of halogens is 1. The van der Waals surface area contributed by atoms with Crippen LogP contribution in [0, 0.1) is 11.6 Å². The Morgan fingerprint density at radius 1 is 1.18 bits per heavy atom. The summed E-state index contributed by atoms with van der Waals surface area (Å²) in [7, 11) is 0. The second kappa shape index (κ2) is 6.10. The molecule has 0 radical (unpaired) electrons. The van der Waals surface area contributed by atoms with Crippen molar-refractivity contribution in [3.05, 3.63) is 20.6 Å². The number of nitrogens with zero attached hydrogens (tertiary/aromatic N) is 1. The van der Waals surface area contributed by atoms with Crippen molar-refractivity contribution in [3.8, 4) is 0 Å². The van der Waals surface area contributed by atoms with Gasteiger partial charge in [-0.2, -0.15) is 0 Å². The van der Waals surface area contributed by atoms with E-state index in [1.807, 2.05) is 6.92 Å². The Balaban J connectivity index is 2.22. The van der Waals surface area contributed by atoms with E-state index in [2.05, 4.69) is 25.9 Å². The van der Waals surface area contributed by atoms with Gasteiger partial charge in [0.05, 0.1) is 4.47 Å². The van der Waals surface area contributed by atoms with Crippen molar-refractivity contribution >= 4 is 28.1 Å². The molecule has 2 rings (SSSR count). The molecule has 1 saturated carbocycles. The first kappa shape index (κ1) is 13.2. The lowest BCUT2D eigenvalue weighted by Gasteiger charge is -2.19. The highest BCUT2D eigenvalue weighted by Crippen LogP contribution is 2.29. The molecule has 1 aromatic heterocycles. The standard InChI is InChI=1S/C13H19BrN2S/c1-9-11(14)13(17)16-12(15-9)10-7-5-3-2-4-6-8-10/h10H,2-8H2,1H3,(H,15,16,17). The molecule has 1 aliphatic rings. The fraction of sp³-hybridized carbons (Fsp3) is 0.692. The van der Waals surface area contributed by atoms with Crippen LogP contribution < -0.4 is 0 Å². The van der Waals surface area contributed by atoms with Crippen LogP contribution in [-0.4, -0.2) is 9.97 Å². The molecular weight excluding hydrogens is 296 g/mol. The van der Waals surface area contributed by atoms with Crippen LogP contribution in [0.25, 0.3) is 0 Å². The second-order valence-electron chi connectivity index (χ2n) is 4.91. The van der Waals surface area contributed by atoms with E-state index in [1.54, 1.807) is 0 Å². The molecule has 1 aliphatic carbocycles. The van der Waals surface area contributed by atoms with Gasteiger partial charge in [0.1, 0.15) is 10.5 Å². The Morgan fingerprint density at radius 2 is 1.76 bits per heavy atom. The first-order chi connectivity index (χ1) is 8.18. The maximum absolute atomic E-state index is 5.28. The predicted molar refractivity (Wildman–Crippen MR) is 76.9 cm³/mol. The summed E-state index contributed by atoms with van der Waals surface area (Å²) in [4.78, 5) is 7.95. The van der Waals surface area contributed by atoms with Crippen LogP contribution >= 0.6 is 28.1 Å². The van der Waals surface area contributed by atoms with Gasteiger partial charge in [0.25, 0.3) is 0 Å². The number of H-pyrrole nitrogens is 1. The maximum Gasteiger partial charge on any atom is 0.144 e. The third kappa shape index (κ3) is 3.38. The number of nitrogens with one attached hydrogen (secondary N) is 1. The summed E-state index contributed by atoms with van der Waals surface area (Å²) in [5, 5.41) is 0. The lowest BCUT2D eigenvalue weighted by atomic mass is 9.90. The van der Waals surface area contributed by atoms with Crippen molar-refractivity contribution < 1.29 is 0 Å². The van der Waals surface area contributed by atoms with E-state index < -0.39 is 0 Å². The molecule has 17 heavy (non-hydrogen) atoms. The van der Waals surface area contributed by atoms with E-state index in [1.165, 1.54) is 44.9 Å². The summed E-state index contributed by atoms with van der Waals surface area (Å²) in [5.41, 5.74) is 1.10. The summed E-state index contributed by atoms with van der Waals surface area (Å²) in [5.74, 6) is 1.67. The molecule has 0 aliphatic heterocycles. The van der Waals surface area contributed by atoms with Crippen molar-refractivity contribution in [1.29, 1.82) is 0 Å². The first-order valence-corrected chi connectivity index (χ1v) is 7.65. The average molecular weight is 315 g/mol. The fourth-order valence-electron chi connectivity index (χ4n) is 2.52. The highest BCUT2D eigenvalue weighted by molar-refractivity contribution is 9.10.